The van der Waals surface area contributed by atoms with E-state index in [1.807, 2.05) is 23.1 Å². The third-order valence-corrected chi connectivity index (χ3v) is 6.15. The number of piperazine rings is 1. The van der Waals surface area contributed by atoms with E-state index in [-0.39, 0.29) is 5.92 Å². The molecule has 168 valence electrons. The Morgan fingerprint density at radius 2 is 1.67 bits per heavy atom. The SMILES string of the molecule is CC(C)(C)C(=O)O.O=C(C(c1cccc(Cl)c1)C1CCCCCC1)N1CCNCC1. The van der Waals surface area contributed by atoms with Gasteiger partial charge in [-0.15, -0.1) is 0 Å². The quantitative estimate of drug-likeness (QED) is 0.658. The first-order valence-electron chi connectivity index (χ1n) is 11.2. The van der Waals surface area contributed by atoms with Crippen LogP contribution in [0.5, 0.6) is 0 Å². The number of amides is 1. The van der Waals surface area contributed by atoms with Crippen LogP contribution in [0.15, 0.2) is 24.3 Å². The number of rotatable bonds is 3. The highest BCUT2D eigenvalue weighted by Crippen LogP contribution is 2.37. The Morgan fingerprint density at radius 1 is 1.10 bits per heavy atom. The zero-order valence-electron chi connectivity index (χ0n) is 18.6. The first-order valence-corrected chi connectivity index (χ1v) is 11.6. The van der Waals surface area contributed by atoms with Gasteiger partial charge in [-0.25, -0.2) is 0 Å². The van der Waals surface area contributed by atoms with Crippen LogP contribution in [0.2, 0.25) is 5.02 Å². The number of nitrogens with zero attached hydrogens (tertiary/aromatic N) is 1. The third kappa shape index (κ3) is 7.59. The number of halogens is 1. The van der Waals surface area contributed by atoms with Gasteiger partial charge in [0.1, 0.15) is 0 Å². The Hall–Kier alpha value is -1.59. The van der Waals surface area contributed by atoms with E-state index < -0.39 is 11.4 Å². The summed E-state index contributed by atoms with van der Waals surface area (Å²) in [5.74, 6) is -0.0172. The minimum absolute atomic E-state index is 0.0232. The highest BCUT2D eigenvalue weighted by atomic mass is 35.5. The maximum Gasteiger partial charge on any atom is 0.308 e. The highest BCUT2D eigenvalue weighted by Gasteiger charge is 2.33. The molecule has 2 aliphatic rings. The van der Waals surface area contributed by atoms with Crippen molar-refractivity contribution in [3.8, 4) is 0 Å². The van der Waals surface area contributed by atoms with E-state index >= 15 is 0 Å². The number of hydrogen-bond acceptors (Lipinski definition) is 3. The lowest BCUT2D eigenvalue weighted by molar-refractivity contribution is -0.145. The van der Waals surface area contributed by atoms with E-state index in [2.05, 4.69) is 11.4 Å². The number of hydrogen-bond donors (Lipinski definition) is 2. The maximum atomic E-state index is 13.3. The van der Waals surface area contributed by atoms with Crippen molar-refractivity contribution in [3.05, 3.63) is 34.9 Å². The van der Waals surface area contributed by atoms with Gasteiger partial charge in [0.05, 0.1) is 11.3 Å². The zero-order chi connectivity index (χ0) is 22.1. The van der Waals surface area contributed by atoms with Crippen molar-refractivity contribution in [1.29, 1.82) is 0 Å². The van der Waals surface area contributed by atoms with Gasteiger partial charge in [0.25, 0.3) is 0 Å². The summed E-state index contributed by atoms with van der Waals surface area (Å²) < 4.78 is 0. The van der Waals surface area contributed by atoms with E-state index in [1.54, 1.807) is 20.8 Å². The van der Waals surface area contributed by atoms with Crippen LogP contribution in [-0.4, -0.2) is 48.1 Å². The zero-order valence-corrected chi connectivity index (χ0v) is 19.4. The summed E-state index contributed by atoms with van der Waals surface area (Å²) >= 11 is 6.22. The smallest absolute Gasteiger partial charge is 0.308 e. The Kier molecular flexibility index (Phi) is 9.63. The van der Waals surface area contributed by atoms with Gasteiger partial charge in [0, 0.05) is 31.2 Å². The average molecular weight is 437 g/mol. The monoisotopic (exact) mass is 436 g/mol. The van der Waals surface area contributed by atoms with Gasteiger partial charge in [-0.05, 0) is 57.2 Å². The van der Waals surface area contributed by atoms with Crippen LogP contribution in [0, 0.1) is 11.3 Å². The fraction of sp³-hybridized carbons (Fsp3) is 0.667. The number of nitrogens with one attached hydrogen (secondary N) is 1. The highest BCUT2D eigenvalue weighted by molar-refractivity contribution is 6.30. The predicted molar refractivity (Wildman–Crippen MR) is 122 cm³/mol. The summed E-state index contributed by atoms with van der Waals surface area (Å²) in [6, 6.07) is 7.95. The van der Waals surface area contributed by atoms with Crippen LogP contribution in [0.4, 0.5) is 0 Å². The molecule has 1 amide bonds. The van der Waals surface area contributed by atoms with Gasteiger partial charge in [-0.2, -0.15) is 0 Å². The molecular weight excluding hydrogens is 400 g/mol. The van der Waals surface area contributed by atoms with Crippen molar-refractivity contribution in [2.24, 2.45) is 11.3 Å². The van der Waals surface area contributed by atoms with Gasteiger partial charge in [0.2, 0.25) is 5.91 Å². The fourth-order valence-corrected chi connectivity index (χ4v) is 4.24. The number of benzene rings is 1. The number of carboxylic acid groups (broad SMARTS) is 1. The average Bonchev–Trinajstić information content (AvgIpc) is 2.98. The van der Waals surface area contributed by atoms with E-state index in [0.29, 0.717) is 11.8 Å². The summed E-state index contributed by atoms with van der Waals surface area (Å²) in [7, 11) is 0. The van der Waals surface area contributed by atoms with Crippen LogP contribution in [0.3, 0.4) is 0 Å². The van der Waals surface area contributed by atoms with E-state index in [9.17, 15) is 9.59 Å². The van der Waals surface area contributed by atoms with Crippen LogP contribution >= 0.6 is 11.6 Å². The van der Waals surface area contributed by atoms with Gasteiger partial charge in [-0.1, -0.05) is 49.4 Å². The molecule has 5 nitrogen and oxygen atoms in total. The molecule has 1 aliphatic carbocycles. The van der Waals surface area contributed by atoms with Crippen molar-refractivity contribution in [2.75, 3.05) is 26.2 Å². The van der Waals surface area contributed by atoms with Crippen LogP contribution in [0.25, 0.3) is 0 Å². The molecule has 0 bridgehead atoms. The van der Waals surface area contributed by atoms with Crippen molar-refractivity contribution in [3.63, 3.8) is 0 Å². The molecular formula is C24H37ClN2O3. The second-order valence-corrected chi connectivity index (χ2v) is 9.85. The van der Waals surface area contributed by atoms with Gasteiger partial charge < -0.3 is 15.3 Å². The summed E-state index contributed by atoms with van der Waals surface area (Å²) in [6.45, 7) is 8.43. The topological polar surface area (TPSA) is 69.6 Å². The van der Waals surface area contributed by atoms with E-state index in [1.165, 1.54) is 25.7 Å². The van der Waals surface area contributed by atoms with Gasteiger partial charge >= 0.3 is 5.97 Å². The minimum Gasteiger partial charge on any atom is -0.481 e. The van der Waals surface area contributed by atoms with E-state index in [0.717, 1.165) is 49.6 Å². The molecule has 1 saturated carbocycles. The number of carboxylic acids is 1. The molecule has 1 heterocycles. The Balaban J connectivity index is 0.000000396. The molecule has 1 unspecified atom stereocenters. The lowest BCUT2D eigenvalue weighted by Crippen LogP contribution is -2.49. The molecule has 2 fully saturated rings. The first-order chi connectivity index (χ1) is 14.2. The third-order valence-electron chi connectivity index (χ3n) is 5.92. The standard InChI is InChI=1S/C19H27ClN2O.C5H10O2/c20-17-9-5-8-16(14-17)18(15-6-3-1-2-4-7-15)19(23)22-12-10-21-11-13-22;1-5(2,3)4(6)7/h5,8-9,14-15,18,21H,1-4,6-7,10-13H2;1-3H3,(H,6,7). The normalized spacial score (nSPS) is 19.3. The Bertz CT molecular complexity index is 688. The van der Waals surface area contributed by atoms with Crippen molar-refractivity contribution in [2.45, 2.75) is 65.2 Å². The van der Waals surface area contributed by atoms with Crippen LogP contribution in [-0.2, 0) is 9.59 Å². The molecule has 1 atom stereocenters. The van der Waals surface area contributed by atoms with Crippen molar-refractivity contribution in [1.82, 2.24) is 10.2 Å². The van der Waals surface area contributed by atoms with Crippen molar-refractivity contribution >= 4 is 23.5 Å². The number of carbonyl (C=O) groups is 2. The molecule has 6 heteroatoms. The minimum atomic E-state index is -0.757. The molecule has 1 aromatic rings. The second kappa shape index (κ2) is 11.7. The largest absolute Gasteiger partial charge is 0.481 e. The lowest BCUT2D eigenvalue weighted by Gasteiger charge is -2.34. The van der Waals surface area contributed by atoms with Gasteiger partial charge in [0.15, 0.2) is 0 Å². The van der Waals surface area contributed by atoms with Gasteiger partial charge in [-0.3, -0.25) is 9.59 Å². The summed E-state index contributed by atoms with van der Waals surface area (Å²) in [6.07, 6.45) is 7.43. The van der Waals surface area contributed by atoms with Crippen LogP contribution < -0.4 is 5.32 Å². The molecule has 1 saturated heterocycles. The molecule has 3 rings (SSSR count). The maximum absolute atomic E-state index is 13.3. The molecule has 30 heavy (non-hydrogen) atoms. The Morgan fingerprint density at radius 3 is 2.17 bits per heavy atom. The summed E-state index contributed by atoms with van der Waals surface area (Å²) in [5.41, 5.74) is 0.521. The predicted octanol–water partition coefficient (Wildman–Crippen LogP) is 4.94. The second-order valence-electron chi connectivity index (χ2n) is 9.41. The molecule has 0 spiro atoms. The number of aliphatic carboxylic acids is 1. The Labute approximate surface area is 186 Å². The molecule has 1 aromatic carbocycles. The van der Waals surface area contributed by atoms with E-state index in [4.69, 9.17) is 16.7 Å². The molecule has 0 radical (unpaired) electrons. The van der Waals surface area contributed by atoms with Crippen molar-refractivity contribution < 1.29 is 14.7 Å². The summed E-state index contributed by atoms with van der Waals surface area (Å²) in [4.78, 5) is 25.3. The molecule has 0 aromatic heterocycles. The molecule has 2 N–H and O–H groups in total. The summed E-state index contributed by atoms with van der Waals surface area (Å²) in [5, 5.41) is 12.3. The molecule has 1 aliphatic heterocycles. The van der Waals surface area contributed by atoms with Crippen LogP contribution in [0.1, 0.15) is 70.8 Å². The lowest BCUT2D eigenvalue weighted by atomic mass is 9.80. The number of carbonyl (C=O) groups excluding carboxylic acids is 1. The fourth-order valence-electron chi connectivity index (χ4n) is 4.04. The first kappa shape index (κ1) is 24.7.